The summed E-state index contributed by atoms with van der Waals surface area (Å²) in [5, 5.41) is 2.96. The maximum absolute atomic E-state index is 13.1. The zero-order valence-corrected chi connectivity index (χ0v) is 20.8. The predicted molar refractivity (Wildman–Crippen MR) is 150 cm³/mol. The van der Waals surface area contributed by atoms with Gasteiger partial charge in [-0.15, -0.1) is 0 Å². The first-order valence-corrected chi connectivity index (χ1v) is 12.6. The number of anilines is 3. The van der Waals surface area contributed by atoms with Crippen LogP contribution in [0.4, 0.5) is 17.1 Å². The van der Waals surface area contributed by atoms with Gasteiger partial charge in [-0.05, 0) is 60.4 Å². The van der Waals surface area contributed by atoms with Crippen molar-refractivity contribution in [3.05, 3.63) is 109 Å². The summed E-state index contributed by atoms with van der Waals surface area (Å²) in [7, 11) is 0. The first-order valence-electron chi connectivity index (χ1n) is 12.6. The second kappa shape index (κ2) is 13.0. The van der Waals surface area contributed by atoms with E-state index in [2.05, 4.69) is 10.3 Å². The van der Waals surface area contributed by atoms with Crippen LogP contribution in [0.3, 0.4) is 0 Å². The number of hydrogen-bond donors (Lipinski definition) is 2. The molecule has 1 aromatic heterocycles. The zero-order valence-electron chi connectivity index (χ0n) is 20.8. The molecule has 0 fully saturated rings. The van der Waals surface area contributed by atoms with E-state index in [1.54, 1.807) is 29.4 Å². The van der Waals surface area contributed by atoms with Crippen molar-refractivity contribution in [2.24, 2.45) is 0 Å². The number of carbonyl (C=O) groups is 2. The molecule has 0 radical (unpaired) electrons. The molecule has 0 atom stereocenters. The maximum atomic E-state index is 13.1. The number of nitrogens with one attached hydrogen (secondary N) is 1. The molecule has 6 heteroatoms. The number of nitrogens with two attached hydrogens (primary N) is 1. The SMILES string of the molecule is Nc1ccc(-c2ccccc2)cc1NC(=O)CCCCCCN(C(=O)c1cccnc1)c1ccccc1. The topological polar surface area (TPSA) is 88.3 Å². The molecule has 1 heterocycles. The number of nitrogen functional groups attached to an aromatic ring is 1. The summed E-state index contributed by atoms with van der Waals surface area (Å²) in [6.07, 6.45) is 7.11. The first-order chi connectivity index (χ1) is 18.1. The number of aromatic nitrogens is 1. The molecule has 0 saturated heterocycles. The van der Waals surface area contributed by atoms with E-state index in [9.17, 15) is 9.59 Å². The van der Waals surface area contributed by atoms with Gasteiger partial charge in [-0.3, -0.25) is 14.6 Å². The van der Waals surface area contributed by atoms with Crippen molar-refractivity contribution < 1.29 is 9.59 Å². The van der Waals surface area contributed by atoms with Crippen molar-refractivity contribution in [2.45, 2.75) is 32.1 Å². The highest BCUT2D eigenvalue weighted by Crippen LogP contribution is 2.27. The number of amides is 2. The van der Waals surface area contributed by atoms with Gasteiger partial charge < -0.3 is 16.0 Å². The van der Waals surface area contributed by atoms with Gasteiger partial charge in [-0.2, -0.15) is 0 Å². The van der Waals surface area contributed by atoms with Crippen LogP contribution < -0.4 is 16.0 Å². The van der Waals surface area contributed by atoms with Crippen LogP contribution in [0.15, 0.2) is 103 Å². The third-order valence-electron chi connectivity index (χ3n) is 6.19. The van der Waals surface area contributed by atoms with Crippen molar-refractivity contribution in [1.29, 1.82) is 0 Å². The first kappa shape index (κ1) is 25.6. The molecule has 0 unspecified atom stereocenters. The largest absolute Gasteiger partial charge is 0.397 e. The van der Waals surface area contributed by atoms with Gasteiger partial charge >= 0.3 is 0 Å². The summed E-state index contributed by atoms with van der Waals surface area (Å²) < 4.78 is 0. The lowest BCUT2D eigenvalue weighted by Crippen LogP contribution is -2.32. The minimum Gasteiger partial charge on any atom is -0.397 e. The quantitative estimate of drug-likeness (QED) is 0.183. The van der Waals surface area contributed by atoms with Crippen LogP contribution in [0.1, 0.15) is 42.5 Å². The average molecular weight is 493 g/mol. The molecule has 6 nitrogen and oxygen atoms in total. The van der Waals surface area contributed by atoms with E-state index in [0.29, 0.717) is 29.9 Å². The molecule has 0 aliphatic carbocycles. The van der Waals surface area contributed by atoms with Crippen LogP contribution in [0.2, 0.25) is 0 Å². The molecule has 4 aromatic rings. The number of benzene rings is 3. The number of pyridine rings is 1. The van der Waals surface area contributed by atoms with Gasteiger partial charge in [0.05, 0.1) is 16.9 Å². The summed E-state index contributed by atoms with van der Waals surface area (Å²) in [6, 6.07) is 28.9. The molecular weight excluding hydrogens is 460 g/mol. The van der Waals surface area contributed by atoms with Gasteiger partial charge in [-0.1, -0.05) is 67.4 Å². The third kappa shape index (κ3) is 7.27. The fourth-order valence-electron chi connectivity index (χ4n) is 4.20. The number of unbranched alkanes of at least 4 members (excludes halogenated alkanes) is 3. The molecule has 3 aromatic carbocycles. The van der Waals surface area contributed by atoms with Crippen molar-refractivity contribution in [1.82, 2.24) is 4.98 Å². The molecule has 0 spiro atoms. The van der Waals surface area contributed by atoms with Crippen molar-refractivity contribution >= 4 is 28.9 Å². The van der Waals surface area contributed by atoms with Gasteiger partial charge in [0.25, 0.3) is 5.91 Å². The Bertz CT molecular complexity index is 1290. The van der Waals surface area contributed by atoms with Crippen molar-refractivity contribution in [3.8, 4) is 11.1 Å². The Morgan fingerprint density at radius 2 is 1.51 bits per heavy atom. The lowest BCUT2D eigenvalue weighted by molar-refractivity contribution is -0.116. The monoisotopic (exact) mass is 492 g/mol. The number of carbonyl (C=O) groups excluding carboxylic acids is 2. The van der Waals surface area contributed by atoms with Crippen molar-refractivity contribution in [3.63, 3.8) is 0 Å². The molecule has 37 heavy (non-hydrogen) atoms. The average Bonchev–Trinajstić information content (AvgIpc) is 2.95. The van der Waals surface area contributed by atoms with Gasteiger partial charge in [0.15, 0.2) is 0 Å². The standard InChI is InChI=1S/C31H32N4O2/c32-28-19-18-25(24-12-5-3-6-13-24)22-29(28)34-30(36)17-9-1-2-10-21-35(27-15-7-4-8-16-27)31(37)26-14-11-20-33-23-26/h3-8,11-16,18-20,22-23H,1-2,9-10,17,21,32H2,(H,34,36). The Balaban J connectivity index is 1.24. The second-order valence-electron chi connectivity index (χ2n) is 8.91. The number of rotatable bonds is 11. The number of para-hydroxylation sites is 1. The minimum atomic E-state index is -0.0611. The lowest BCUT2D eigenvalue weighted by Gasteiger charge is -2.23. The number of nitrogens with zero attached hydrogens (tertiary/aromatic N) is 2. The van der Waals surface area contributed by atoms with E-state index in [-0.39, 0.29) is 11.8 Å². The summed E-state index contributed by atoms with van der Waals surface area (Å²) >= 11 is 0. The molecular formula is C31H32N4O2. The van der Waals surface area contributed by atoms with Gasteiger partial charge in [0.2, 0.25) is 5.91 Å². The van der Waals surface area contributed by atoms with Gasteiger partial charge in [0.1, 0.15) is 0 Å². The van der Waals surface area contributed by atoms with Crippen LogP contribution >= 0.6 is 0 Å². The third-order valence-corrected chi connectivity index (χ3v) is 6.19. The second-order valence-corrected chi connectivity index (χ2v) is 8.91. The Morgan fingerprint density at radius 3 is 2.24 bits per heavy atom. The molecule has 3 N–H and O–H groups in total. The minimum absolute atomic E-state index is 0.0467. The summed E-state index contributed by atoms with van der Waals surface area (Å²) in [6.45, 7) is 0.604. The molecule has 0 saturated carbocycles. The van der Waals surface area contributed by atoms with E-state index >= 15 is 0 Å². The summed E-state index contributed by atoms with van der Waals surface area (Å²) in [5.41, 5.74) is 10.8. The smallest absolute Gasteiger partial charge is 0.259 e. The highest BCUT2D eigenvalue weighted by Gasteiger charge is 2.17. The summed E-state index contributed by atoms with van der Waals surface area (Å²) in [4.78, 5) is 31.5. The van der Waals surface area contributed by atoms with Crippen LogP contribution in [0, 0.1) is 0 Å². The molecule has 0 bridgehead atoms. The van der Waals surface area contributed by atoms with Crippen molar-refractivity contribution in [2.75, 3.05) is 22.5 Å². The Kier molecular flexibility index (Phi) is 9.02. The fraction of sp³-hybridized carbons (Fsp3) is 0.194. The van der Waals surface area contributed by atoms with Crippen LogP contribution in [0.25, 0.3) is 11.1 Å². The van der Waals surface area contributed by atoms with Gasteiger partial charge in [0, 0.05) is 31.0 Å². The molecule has 4 rings (SSSR count). The van der Waals surface area contributed by atoms with Crippen LogP contribution in [0.5, 0.6) is 0 Å². The van der Waals surface area contributed by atoms with E-state index in [0.717, 1.165) is 42.5 Å². The lowest BCUT2D eigenvalue weighted by atomic mass is 10.0. The van der Waals surface area contributed by atoms with E-state index < -0.39 is 0 Å². The van der Waals surface area contributed by atoms with Crippen LogP contribution in [-0.2, 0) is 4.79 Å². The zero-order chi connectivity index (χ0) is 25.9. The Labute approximate surface area is 218 Å². The fourth-order valence-corrected chi connectivity index (χ4v) is 4.20. The number of hydrogen-bond acceptors (Lipinski definition) is 4. The highest BCUT2D eigenvalue weighted by molar-refractivity contribution is 6.05. The Morgan fingerprint density at radius 1 is 0.784 bits per heavy atom. The maximum Gasteiger partial charge on any atom is 0.259 e. The molecule has 2 amide bonds. The normalized spacial score (nSPS) is 10.6. The molecule has 0 aliphatic heterocycles. The molecule has 0 aliphatic rings. The summed E-state index contributed by atoms with van der Waals surface area (Å²) in [5.74, 6) is -0.108. The van der Waals surface area contributed by atoms with Gasteiger partial charge in [-0.25, -0.2) is 0 Å². The van der Waals surface area contributed by atoms with Crippen LogP contribution in [-0.4, -0.2) is 23.3 Å². The Hall–Kier alpha value is -4.45. The van der Waals surface area contributed by atoms with E-state index in [1.165, 1.54) is 0 Å². The molecule has 188 valence electrons. The van der Waals surface area contributed by atoms with E-state index in [1.807, 2.05) is 78.9 Å². The predicted octanol–water partition coefficient (Wildman–Crippen LogP) is 6.57. The highest BCUT2D eigenvalue weighted by atomic mass is 16.2. The van der Waals surface area contributed by atoms with E-state index in [4.69, 9.17) is 5.73 Å².